The first-order valence-electron chi connectivity index (χ1n) is 30.6. The molecule has 16 rings (SSSR count). The minimum absolute atomic E-state index is 0.288. The van der Waals surface area contributed by atoms with E-state index in [1.54, 1.807) is 0 Å². The fourth-order valence-corrected chi connectivity index (χ4v) is 15.2. The molecule has 0 atom stereocenters. The van der Waals surface area contributed by atoms with Gasteiger partial charge in [0.25, 0.3) is 0 Å². The second kappa shape index (κ2) is 18.9. The first kappa shape index (κ1) is 51.8. The van der Waals surface area contributed by atoms with Crippen molar-refractivity contribution in [3.63, 3.8) is 0 Å². The fourth-order valence-electron chi connectivity index (χ4n) is 15.2. The predicted molar refractivity (Wildman–Crippen MR) is 362 cm³/mol. The van der Waals surface area contributed by atoms with Crippen molar-refractivity contribution in [2.24, 2.45) is 0 Å². The lowest BCUT2D eigenvalue weighted by Crippen LogP contribution is -2.38. The predicted octanol–water partition coefficient (Wildman–Crippen LogP) is 22.9. The highest BCUT2D eigenvalue weighted by molar-refractivity contribution is 5.98. The topological polar surface area (TPSA) is 6.48 Å². The lowest BCUT2D eigenvalue weighted by molar-refractivity contribution is 0.597. The summed E-state index contributed by atoms with van der Waals surface area (Å²) >= 11 is 0. The Hall–Kier alpha value is -9.76. The highest BCUT2D eigenvalue weighted by atomic mass is 15.2. The van der Waals surface area contributed by atoms with E-state index < -0.39 is 0 Å². The molecule has 4 aliphatic heterocycles. The van der Waals surface area contributed by atoms with Gasteiger partial charge in [0, 0.05) is 21.7 Å². The number of hydrogen-bond donors (Lipinski definition) is 0. The number of hydrogen-bond acceptors (Lipinski definition) is 2. The Morgan fingerprint density at radius 3 is 0.570 bits per heavy atom. The fraction of sp³-hybridized carbons (Fsp3) is 0.143. The average Bonchev–Trinajstić information content (AvgIpc) is 0.708. The molecule has 0 amide bonds. The molecule has 86 heavy (non-hydrogen) atoms. The zero-order valence-corrected chi connectivity index (χ0v) is 50.3. The van der Waals surface area contributed by atoms with E-state index in [9.17, 15) is 0 Å². The van der Waals surface area contributed by atoms with Crippen molar-refractivity contribution in [2.45, 2.75) is 77.0 Å². The van der Waals surface area contributed by atoms with E-state index in [1.807, 2.05) is 0 Å². The summed E-state index contributed by atoms with van der Waals surface area (Å²) in [5.74, 6) is 0. The Morgan fingerprint density at radius 2 is 0.349 bits per heavy atom. The third kappa shape index (κ3) is 7.78. The highest BCUT2D eigenvalue weighted by Crippen LogP contribution is 2.64. The third-order valence-corrected chi connectivity index (χ3v) is 20.2. The van der Waals surface area contributed by atoms with E-state index in [4.69, 9.17) is 0 Å². The third-order valence-electron chi connectivity index (χ3n) is 20.2. The molecule has 4 aliphatic rings. The number of benzene rings is 12. The zero-order valence-electron chi connectivity index (χ0n) is 50.3. The van der Waals surface area contributed by atoms with Crippen molar-refractivity contribution in [3.8, 4) is 77.9 Å². The van der Waals surface area contributed by atoms with E-state index in [1.165, 1.54) is 157 Å². The summed E-state index contributed by atoms with van der Waals surface area (Å²) in [5, 5.41) is 0. The summed E-state index contributed by atoms with van der Waals surface area (Å²) in [6.07, 6.45) is 0. The van der Waals surface area contributed by atoms with E-state index >= 15 is 0 Å². The second-order valence-electron chi connectivity index (χ2n) is 26.6. The molecule has 414 valence electrons. The van der Waals surface area contributed by atoms with Crippen molar-refractivity contribution in [1.29, 1.82) is 0 Å². The maximum absolute atomic E-state index is 2.59. The van der Waals surface area contributed by atoms with Gasteiger partial charge in [0.15, 0.2) is 0 Å². The molecular formula is C84H68N2. The van der Waals surface area contributed by atoms with E-state index in [0.29, 0.717) is 0 Å². The van der Waals surface area contributed by atoms with Crippen LogP contribution in [0.2, 0.25) is 0 Å². The molecule has 12 aromatic carbocycles. The summed E-state index contributed by atoms with van der Waals surface area (Å²) < 4.78 is 0. The maximum atomic E-state index is 2.59. The van der Waals surface area contributed by atoms with Crippen LogP contribution in [0.1, 0.15) is 99.9 Å². The molecule has 4 heterocycles. The van der Waals surface area contributed by atoms with Crippen molar-refractivity contribution >= 4 is 34.1 Å². The molecule has 2 nitrogen and oxygen atoms in total. The highest BCUT2D eigenvalue weighted by Gasteiger charge is 2.48. The number of fused-ring (bicyclic) bond motifs is 8. The van der Waals surface area contributed by atoms with Gasteiger partial charge in [0.05, 0.1) is 34.1 Å². The number of anilines is 6. The van der Waals surface area contributed by atoms with E-state index in [-0.39, 0.29) is 21.7 Å². The molecule has 0 spiro atoms. The van der Waals surface area contributed by atoms with Crippen LogP contribution in [0, 0.1) is 0 Å². The zero-order chi connectivity index (χ0) is 58.4. The lowest BCUT2D eigenvalue weighted by atomic mass is 9.65. The van der Waals surface area contributed by atoms with Crippen LogP contribution in [0.3, 0.4) is 0 Å². The van der Waals surface area contributed by atoms with Crippen LogP contribution in [0.15, 0.2) is 267 Å². The van der Waals surface area contributed by atoms with Gasteiger partial charge in [-0.05, 0) is 195 Å². The Labute approximate surface area is 507 Å². The molecule has 0 bridgehead atoms. The van der Waals surface area contributed by atoms with Crippen LogP contribution in [0.4, 0.5) is 34.1 Å². The van der Waals surface area contributed by atoms with Gasteiger partial charge in [-0.25, -0.2) is 0 Å². The molecule has 0 fully saturated rings. The molecular weight excluding hydrogens is 1040 g/mol. The van der Waals surface area contributed by atoms with Crippen molar-refractivity contribution in [1.82, 2.24) is 0 Å². The first-order chi connectivity index (χ1) is 41.6. The van der Waals surface area contributed by atoms with Crippen molar-refractivity contribution in [2.75, 3.05) is 9.80 Å². The standard InChI is InChI=1S/C84H68N2/c1-81(2)67-45-61(53-21-13-9-14-22-53)37-41-75(67)85-76-42-38-62(54-23-15-10-16-24-54)46-68(76)82(3,4)72-50-65(49-71(81)79(72)85)59-33-29-57(30-34-59)58-31-35-60(36-32-58)66-51-73-80-74(52-66)84(7,8)70-48-64(56-27-19-12-20-28-56)40-44-78(70)86(80)77-43-39-63(47-69(77)83(73,5)6)55-25-17-11-18-26-55/h9-52H,1-8H3. The van der Waals surface area contributed by atoms with Gasteiger partial charge in [0.1, 0.15) is 0 Å². The molecule has 0 unspecified atom stereocenters. The summed E-state index contributed by atoms with van der Waals surface area (Å²) in [7, 11) is 0. The lowest BCUT2D eigenvalue weighted by Gasteiger charge is -2.50. The minimum Gasteiger partial charge on any atom is -0.309 e. The Bertz CT molecular complexity index is 4150. The molecule has 0 saturated carbocycles. The summed E-state index contributed by atoms with van der Waals surface area (Å²) in [4.78, 5) is 5.17. The first-order valence-corrected chi connectivity index (χ1v) is 30.6. The van der Waals surface area contributed by atoms with Gasteiger partial charge in [-0.1, -0.05) is 250 Å². The average molecular weight is 1110 g/mol. The summed E-state index contributed by atoms with van der Waals surface area (Å²) in [5.41, 5.74) is 34.4. The largest absolute Gasteiger partial charge is 0.309 e. The summed E-state index contributed by atoms with van der Waals surface area (Å²) in [6, 6.07) is 101. The Kier molecular flexibility index (Phi) is 11.4. The number of rotatable bonds is 7. The van der Waals surface area contributed by atoms with E-state index in [0.717, 1.165) is 0 Å². The van der Waals surface area contributed by atoms with E-state index in [2.05, 4.69) is 332 Å². The SMILES string of the molecule is CC1(C)c2cc(-c3ccccc3)ccc2N2c3ccc(-c4ccccc4)cc3C(C)(C)c3cc(-c4ccc(-c5ccc(-c6cc7c8c(c6)C(C)(C)c6cc(-c9ccccc9)ccc6N8c6ccc(-c8ccccc8)cc6C7(C)C)cc5)cc4)cc1c32. The van der Waals surface area contributed by atoms with Crippen molar-refractivity contribution < 1.29 is 0 Å². The van der Waals surface area contributed by atoms with Gasteiger partial charge in [0.2, 0.25) is 0 Å². The molecule has 0 aliphatic carbocycles. The van der Waals surface area contributed by atoms with Gasteiger partial charge >= 0.3 is 0 Å². The van der Waals surface area contributed by atoms with Crippen LogP contribution in [0.25, 0.3) is 77.9 Å². The molecule has 0 aromatic heterocycles. The minimum atomic E-state index is -0.288. The molecule has 0 saturated heterocycles. The number of nitrogens with zero attached hydrogens (tertiary/aromatic N) is 2. The monoisotopic (exact) mass is 1100 g/mol. The molecule has 0 N–H and O–H groups in total. The van der Waals surface area contributed by atoms with Crippen LogP contribution in [-0.4, -0.2) is 0 Å². The van der Waals surface area contributed by atoms with Gasteiger partial charge < -0.3 is 9.80 Å². The van der Waals surface area contributed by atoms with Crippen LogP contribution < -0.4 is 9.80 Å². The Morgan fingerprint density at radius 1 is 0.174 bits per heavy atom. The molecule has 2 heteroatoms. The van der Waals surface area contributed by atoms with Crippen LogP contribution in [0.5, 0.6) is 0 Å². The Balaban J connectivity index is 0.783. The van der Waals surface area contributed by atoms with Gasteiger partial charge in [-0.2, -0.15) is 0 Å². The van der Waals surface area contributed by atoms with Crippen LogP contribution >= 0.6 is 0 Å². The second-order valence-corrected chi connectivity index (χ2v) is 26.6. The van der Waals surface area contributed by atoms with Crippen LogP contribution in [-0.2, 0) is 21.7 Å². The van der Waals surface area contributed by atoms with Crippen molar-refractivity contribution in [3.05, 3.63) is 311 Å². The quantitative estimate of drug-likeness (QED) is 0.157. The normalized spacial score (nSPS) is 15.5. The van der Waals surface area contributed by atoms with Gasteiger partial charge in [-0.3, -0.25) is 0 Å². The van der Waals surface area contributed by atoms with Gasteiger partial charge in [-0.15, -0.1) is 0 Å². The maximum Gasteiger partial charge on any atom is 0.0544 e. The summed E-state index contributed by atoms with van der Waals surface area (Å²) in [6.45, 7) is 19.5. The smallest absolute Gasteiger partial charge is 0.0544 e. The molecule has 0 radical (unpaired) electrons. The molecule has 12 aromatic rings.